The quantitative estimate of drug-likeness (QED) is 0.635. The fraction of sp³-hybridized carbons (Fsp3) is 0.615. The third kappa shape index (κ3) is 3.83. The molecule has 1 fully saturated rings. The van der Waals surface area contributed by atoms with Crippen LogP contribution in [0.4, 0.5) is 22.0 Å². The highest BCUT2D eigenvalue weighted by Crippen LogP contribution is 2.42. The first-order valence-electron chi connectivity index (χ1n) is 6.40. The van der Waals surface area contributed by atoms with Crippen molar-refractivity contribution in [3.05, 3.63) is 28.5 Å². The van der Waals surface area contributed by atoms with Gasteiger partial charge in [-0.3, -0.25) is 0 Å². The van der Waals surface area contributed by atoms with Crippen LogP contribution in [-0.2, 0) is 6.18 Å². The van der Waals surface area contributed by atoms with E-state index < -0.39 is 35.0 Å². The molecule has 0 bridgehead atoms. The average molecular weight is 330 g/mol. The van der Waals surface area contributed by atoms with Gasteiger partial charge in [0.2, 0.25) is 5.92 Å². The molecule has 0 aliphatic heterocycles. The van der Waals surface area contributed by atoms with Crippen LogP contribution in [0.25, 0.3) is 0 Å². The maximum Gasteiger partial charge on any atom is 0.433 e. The summed E-state index contributed by atoms with van der Waals surface area (Å²) < 4.78 is 63.5. The number of aliphatic hydroxyl groups is 1. The third-order valence-electron chi connectivity index (χ3n) is 3.69. The molecule has 0 amide bonds. The molecule has 1 atom stereocenters. The summed E-state index contributed by atoms with van der Waals surface area (Å²) in [5, 5.41) is 9.69. The first kappa shape index (κ1) is 16.4. The lowest BCUT2D eigenvalue weighted by Gasteiger charge is -2.31. The number of hydrogen-bond donors (Lipinski definition) is 1. The number of alkyl halides is 5. The van der Waals surface area contributed by atoms with E-state index in [1.54, 1.807) is 0 Å². The summed E-state index contributed by atoms with van der Waals surface area (Å²) in [5.41, 5.74) is -1.11. The van der Waals surface area contributed by atoms with Gasteiger partial charge in [0.25, 0.3) is 0 Å². The number of rotatable bonds is 2. The molecule has 1 aliphatic rings. The van der Waals surface area contributed by atoms with Crippen molar-refractivity contribution in [1.82, 2.24) is 4.98 Å². The van der Waals surface area contributed by atoms with Crippen molar-refractivity contribution in [2.24, 2.45) is 5.92 Å². The molecule has 0 aromatic carbocycles. The second kappa shape index (κ2) is 5.68. The van der Waals surface area contributed by atoms with Crippen molar-refractivity contribution in [3.8, 4) is 0 Å². The van der Waals surface area contributed by atoms with Crippen molar-refractivity contribution in [1.29, 1.82) is 0 Å². The molecule has 1 aromatic heterocycles. The molecule has 0 spiro atoms. The van der Waals surface area contributed by atoms with E-state index in [1.807, 2.05) is 0 Å². The lowest BCUT2D eigenvalue weighted by atomic mass is 9.81. The molecular formula is C13H13ClF5NO. The van der Waals surface area contributed by atoms with Gasteiger partial charge in [0.05, 0.1) is 6.10 Å². The van der Waals surface area contributed by atoms with E-state index in [9.17, 15) is 27.1 Å². The molecule has 0 radical (unpaired) electrons. The number of nitrogens with zero attached hydrogens (tertiary/aromatic N) is 1. The standard InChI is InChI=1S/C13H13ClF5NO/c14-11-8(1-2-9(20-11)13(17,18)19)10(21)7-3-5-12(15,16)6-4-7/h1-2,7,10,21H,3-6H2. The maximum absolute atomic E-state index is 13.1. The zero-order valence-electron chi connectivity index (χ0n) is 10.8. The van der Waals surface area contributed by atoms with E-state index in [0.29, 0.717) is 0 Å². The Morgan fingerprint density at radius 2 is 1.81 bits per heavy atom. The van der Waals surface area contributed by atoms with Crippen LogP contribution in [0.3, 0.4) is 0 Å². The molecule has 1 saturated carbocycles. The van der Waals surface area contributed by atoms with Gasteiger partial charge in [-0.15, -0.1) is 0 Å². The van der Waals surface area contributed by atoms with Gasteiger partial charge in [-0.25, -0.2) is 13.8 Å². The van der Waals surface area contributed by atoms with Crippen LogP contribution in [0.5, 0.6) is 0 Å². The molecule has 8 heteroatoms. The van der Waals surface area contributed by atoms with Gasteiger partial charge in [-0.2, -0.15) is 13.2 Å². The van der Waals surface area contributed by atoms with Gasteiger partial charge in [0.15, 0.2) is 0 Å². The van der Waals surface area contributed by atoms with Crippen molar-refractivity contribution >= 4 is 11.6 Å². The van der Waals surface area contributed by atoms with Crippen LogP contribution >= 0.6 is 11.6 Å². The number of aliphatic hydroxyl groups excluding tert-OH is 1. The average Bonchev–Trinajstić information content (AvgIpc) is 2.36. The molecule has 1 unspecified atom stereocenters. The molecule has 21 heavy (non-hydrogen) atoms. The Hall–Kier alpha value is -0.950. The highest BCUT2D eigenvalue weighted by Gasteiger charge is 2.39. The monoisotopic (exact) mass is 329 g/mol. The number of pyridine rings is 1. The Kier molecular flexibility index (Phi) is 4.44. The van der Waals surface area contributed by atoms with E-state index in [0.717, 1.165) is 12.1 Å². The fourth-order valence-corrected chi connectivity index (χ4v) is 2.72. The summed E-state index contributed by atoms with van der Waals surface area (Å²) in [6.45, 7) is 0. The van der Waals surface area contributed by atoms with E-state index in [4.69, 9.17) is 11.6 Å². The number of aromatic nitrogens is 1. The molecule has 1 N–H and O–H groups in total. The molecule has 118 valence electrons. The molecule has 1 heterocycles. The van der Waals surface area contributed by atoms with Crippen LogP contribution in [0.15, 0.2) is 12.1 Å². The van der Waals surface area contributed by atoms with Crippen LogP contribution in [-0.4, -0.2) is 16.0 Å². The van der Waals surface area contributed by atoms with E-state index in [-0.39, 0.29) is 31.2 Å². The smallest absolute Gasteiger partial charge is 0.388 e. The molecule has 0 saturated heterocycles. The van der Waals surface area contributed by atoms with Crippen LogP contribution < -0.4 is 0 Å². The Balaban J connectivity index is 2.15. The molecule has 1 aliphatic carbocycles. The lowest BCUT2D eigenvalue weighted by molar-refractivity contribution is -0.141. The Bertz CT molecular complexity index is 510. The Labute approximate surface area is 122 Å². The normalized spacial score (nSPS) is 21.3. The number of halogens is 6. The SMILES string of the molecule is OC(c1ccc(C(F)(F)F)nc1Cl)C1CCC(F)(F)CC1. The van der Waals surface area contributed by atoms with Gasteiger partial charge in [0, 0.05) is 18.4 Å². The van der Waals surface area contributed by atoms with Crippen LogP contribution in [0.1, 0.15) is 43.0 Å². The first-order chi connectivity index (χ1) is 9.60. The summed E-state index contributed by atoms with van der Waals surface area (Å²) in [5.74, 6) is -3.20. The third-order valence-corrected chi connectivity index (χ3v) is 4.00. The summed E-state index contributed by atoms with van der Waals surface area (Å²) in [6.07, 6.45) is -6.33. The van der Waals surface area contributed by atoms with Gasteiger partial charge in [-0.05, 0) is 24.8 Å². The maximum atomic E-state index is 13.1. The van der Waals surface area contributed by atoms with Crippen LogP contribution in [0.2, 0.25) is 5.15 Å². The van der Waals surface area contributed by atoms with Crippen molar-refractivity contribution < 1.29 is 27.1 Å². The highest BCUT2D eigenvalue weighted by atomic mass is 35.5. The predicted molar refractivity (Wildman–Crippen MR) is 66.1 cm³/mol. The molecule has 2 nitrogen and oxygen atoms in total. The summed E-state index contributed by atoms with van der Waals surface area (Å²) in [6, 6.07) is 1.78. The summed E-state index contributed by atoms with van der Waals surface area (Å²) in [4.78, 5) is 3.22. The highest BCUT2D eigenvalue weighted by molar-refractivity contribution is 6.30. The van der Waals surface area contributed by atoms with Crippen LogP contribution in [0, 0.1) is 5.92 Å². The van der Waals surface area contributed by atoms with Gasteiger partial charge >= 0.3 is 6.18 Å². The van der Waals surface area contributed by atoms with E-state index >= 15 is 0 Å². The topological polar surface area (TPSA) is 33.1 Å². The molecule has 1 aromatic rings. The second-order valence-corrected chi connectivity index (χ2v) is 5.57. The minimum absolute atomic E-state index is 0.0416. The predicted octanol–water partition coefficient (Wildman–Crippen LogP) is 4.61. The van der Waals surface area contributed by atoms with Gasteiger partial charge < -0.3 is 5.11 Å². The fourth-order valence-electron chi connectivity index (χ4n) is 2.46. The summed E-state index contributed by atoms with van der Waals surface area (Å²) in [7, 11) is 0. The Morgan fingerprint density at radius 1 is 1.24 bits per heavy atom. The van der Waals surface area contributed by atoms with Gasteiger partial charge in [-0.1, -0.05) is 17.7 Å². The molecular weight excluding hydrogens is 317 g/mol. The van der Waals surface area contributed by atoms with Crippen molar-refractivity contribution in [2.75, 3.05) is 0 Å². The Morgan fingerprint density at radius 3 is 2.29 bits per heavy atom. The lowest BCUT2D eigenvalue weighted by Crippen LogP contribution is -2.28. The van der Waals surface area contributed by atoms with E-state index in [2.05, 4.69) is 4.98 Å². The minimum Gasteiger partial charge on any atom is -0.388 e. The first-order valence-corrected chi connectivity index (χ1v) is 6.77. The minimum atomic E-state index is -4.62. The second-order valence-electron chi connectivity index (χ2n) is 5.21. The van der Waals surface area contributed by atoms with Crippen molar-refractivity contribution in [2.45, 2.75) is 43.9 Å². The number of hydrogen-bond acceptors (Lipinski definition) is 2. The molecule has 2 rings (SSSR count). The van der Waals surface area contributed by atoms with E-state index in [1.165, 1.54) is 0 Å². The van der Waals surface area contributed by atoms with Crippen molar-refractivity contribution in [3.63, 3.8) is 0 Å². The zero-order valence-corrected chi connectivity index (χ0v) is 11.6. The summed E-state index contributed by atoms with van der Waals surface area (Å²) >= 11 is 5.69. The van der Waals surface area contributed by atoms with Gasteiger partial charge in [0.1, 0.15) is 10.8 Å². The largest absolute Gasteiger partial charge is 0.433 e. The zero-order chi connectivity index (χ0) is 15.8.